The molecule has 1 aromatic heterocycles. The number of sulfonamides is 1. The molecule has 2 heterocycles. The van der Waals surface area contributed by atoms with Gasteiger partial charge in [-0.1, -0.05) is 45.8 Å². The minimum atomic E-state index is -3.57. The third-order valence-corrected chi connectivity index (χ3v) is 7.57. The van der Waals surface area contributed by atoms with Gasteiger partial charge in [0, 0.05) is 36.2 Å². The number of carbonyl (C=O) groups excluding carboxylic acids is 1. The Morgan fingerprint density at radius 1 is 1.00 bits per heavy atom. The molecule has 9 heteroatoms. The maximum absolute atomic E-state index is 12.8. The predicted octanol–water partition coefficient (Wildman–Crippen LogP) is 3.29. The number of hydrogen-bond acceptors (Lipinski definition) is 4. The first-order chi connectivity index (χ1) is 14.3. The molecule has 1 N–H and O–H groups in total. The maximum Gasteiger partial charge on any atom is 0.271 e. The van der Waals surface area contributed by atoms with E-state index in [1.165, 1.54) is 4.31 Å². The van der Waals surface area contributed by atoms with E-state index in [0.717, 1.165) is 15.6 Å². The molecule has 1 saturated heterocycles. The fourth-order valence-corrected chi connectivity index (χ4v) is 5.05. The predicted molar refractivity (Wildman–Crippen MR) is 118 cm³/mol. The molecule has 1 amide bonds. The third-order valence-electron chi connectivity index (χ3n) is 5.13. The van der Waals surface area contributed by atoms with Crippen molar-refractivity contribution in [3.63, 3.8) is 0 Å². The molecular weight excluding hydrogens is 468 g/mol. The maximum atomic E-state index is 12.8. The summed E-state index contributed by atoms with van der Waals surface area (Å²) >= 11 is 3.31. The van der Waals surface area contributed by atoms with Crippen LogP contribution in [0.4, 0.5) is 0 Å². The molecule has 1 aliphatic rings. The number of H-pyrrole nitrogens is 1. The molecule has 0 saturated carbocycles. The van der Waals surface area contributed by atoms with Crippen molar-refractivity contribution in [1.82, 2.24) is 19.4 Å². The molecule has 1 aliphatic heterocycles. The Balaban J connectivity index is 1.42. The number of nitrogens with one attached hydrogen (secondary N) is 1. The zero-order valence-corrected chi connectivity index (χ0v) is 18.8. The average Bonchev–Trinajstić information content (AvgIpc) is 3.24. The van der Waals surface area contributed by atoms with Crippen LogP contribution in [0.15, 0.2) is 64.0 Å². The van der Waals surface area contributed by atoms with Gasteiger partial charge >= 0.3 is 0 Å². The van der Waals surface area contributed by atoms with E-state index in [1.807, 2.05) is 31.2 Å². The van der Waals surface area contributed by atoms with Gasteiger partial charge in [0.25, 0.3) is 5.91 Å². The zero-order chi connectivity index (χ0) is 21.3. The number of benzene rings is 2. The minimum Gasteiger partial charge on any atom is -0.335 e. The lowest BCUT2D eigenvalue weighted by molar-refractivity contribution is 0.0692. The molecule has 0 aliphatic carbocycles. The summed E-state index contributed by atoms with van der Waals surface area (Å²) < 4.78 is 27.9. The largest absolute Gasteiger partial charge is 0.335 e. The molecular formula is C21H21BrN4O3S. The first kappa shape index (κ1) is 20.8. The molecule has 0 radical (unpaired) electrons. The van der Waals surface area contributed by atoms with Gasteiger partial charge in [0.1, 0.15) is 5.69 Å². The van der Waals surface area contributed by atoms with Gasteiger partial charge in [0.05, 0.1) is 10.6 Å². The molecule has 156 valence electrons. The van der Waals surface area contributed by atoms with E-state index in [-0.39, 0.29) is 23.9 Å². The molecule has 1 fully saturated rings. The quantitative estimate of drug-likeness (QED) is 0.610. The van der Waals surface area contributed by atoms with Gasteiger partial charge in [-0.3, -0.25) is 9.89 Å². The van der Waals surface area contributed by atoms with E-state index in [0.29, 0.717) is 24.5 Å². The van der Waals surface area contributed by atoms with Gasteiger partial charge in [0.2, 0.25) is 10.0 Å². The number of aromatic amines is 1. The van der Waals surface area contributed by atoms with E-state index in [4.69, 9.17) is 0 Å². The van der Waals surface area contributed by atoms with Crippen molar-refractivity contribution in [3.05, 3.63) is 70.3 Å². The van der Waals surface area contributed by atoms with Gasteiger partial charge in [0.15, 0.2) is 0 Å². The Hall–Kier alpha value is -2.49. The molecule has 0 spiro atoms. The Morgan fingerprint density at radius 2 is 1.63 bits per heavy atom. The highest BCUT2D eigenvalue weighted by Crippen LogP contribution is 2.22. The van der Waals surface area contributed by atoms with Gasteiger partial charge in [-0.25, -0.2) is 8.42 Å². The van der Waals surface area contributed by atoms with Gasteiger partial charge in [-0.2, -0.15) is 9.40 Å². The molecule has 7 nitrogen and oxygen atoms in total. The van der Waals surface area contributed by atoms with E-state index < -0.39 is 10.0 Å². The summed E-state index contributed by atoms with van der Waals surface area (Å²) in [6.45, 7) is 3.17. The summed E-state index contributed by atoms with van der Waals surface area (Å²) in [5.74, 6) is -0.179. The third kappa shape index (κ3) is 4.19. The van der Waals surface area contributed by atoms with Crippen LogP contribution in [-0.2, 0) is 10.0 Å². The summed E-state index contributed by atoms with van der Waals surface area (Å²) in [5.41, 5.74) is 3.19. The van der Waals surface area contributed by atoms with Crippen LogP contribution in [0.25, 0.3) is 11.3 Å². The highest BCUT2D eigenvalue weighted by Gasteiger charge is 2.31. The SMILES string of the molecule is Cc1ccc(-c2cc(C(=O)N3CCN(S(=O)(=O)c4ccc(Br)cc4)CC3)[nH]n2)cc1. The van der Waals surface area contributed by atoms with Crippen LogP contribution in [-0.4, -0.2) is 59.9 Å². The average molecular weight is 489 g/mol. The minimum absolute atomic E-state index is 0.179. The second kappa shape index (κ2) is 8.33. The van der Waals surface area contributed by atoms with Crippen molar-refractivity contribution >= 4 is 31.9 Å². The summed E-state index contributed by atoms with van der Waals surface area (Å²) in [6.07, 6.45) is 0. The Bertz CT molecular complexity index is 1150. The van der Waals surface area contributed by atoms with Crippen LogP contribution in [0.2, 0.25) is 0 Å². The number of aryl methyl sites for hydroxylation is 1. The normalized spacial score (nSPS) is 15.3. The summed E-state index contributed by atoms with van der Waals surface area (Å²) in [5, 5.41) is 7.06. The zero-order valence-electron chi connectivity index (χ0n) is 16.4. The van der Waals surface area contributed by atoms with Crippen LogP contribution < -0.4 is 0 Å². The number of piperazine rings is 1. The fourth-order valence-electron chi connectivity index (χ4n) is 3.36. The van der Waals surface area contributed by atoms with Gasteiger partial charge in [-0.05, 0) is 37.3 Å². The smallest absolute Gasteiger partial charge is 0.271 e. The van der Waals surface area contributed by atoms with Crippen molar-refractivity contribution in [3.8, 4) is 11.3 Å². The molecule has 30 heavy (non-hydrogen) atoms. The molecule has 3 aromatic rings. The molecule has 4 rings (SSSR count). The number of carbonyl (C=O) groups is 1. The van der Waals surface area contributed by atoms with Crippen molar-refractivity contribution < 1.29 is 13.2 Å². The summed E-state index contributed by atoms with van der Waals surface area (Å²) in [4.78, 5) is 14.7. The van der Waals surface area contributed by atoms with Crippen molar-refractivity contribution in [1.29, 1.82) is 0 Å². The van der Waals surface area contributed by atoms with E-state index in [2.05, 4.69) is 26.1 Å². The van der Waals surface area contributed by atoms with Crippen molar-refractivity contribution in [2.75, 3.05) is 26.2 Å². The number of halogens is 1. The molecule has 0 unspecified atom stereocenters. The van der Waals surface area contributed by atoms with Gasteiger partial charge < -0.3 is 4.90 Å². The molecule has 0 bridgehead atoms. The van der Waals surface area contributed by atoms with Crippen LogP contribution in [0.5, 0.6) is 0 Å². The Morgan fingerprint density at radius 3 is 2.27 bits per heavy atom. The van der Waals surface area contributed by atoms with Crippen molar-refractivity contribution in [2.45, 2.75) is 11.8 Å². The van der Waals surface area contributed by atoms with E-state index in [1.54, 1.807) is 35.2 Å². The van der Waals surface area contributed by atoms with Crippen LogP contribution in [0.3, 0.4) is 0 Å². The topological polar surface area (TPSA) is 86.4 Å². The second-order valence-electron chi connectivity index (χ2n) is 7.18. The number of hydrogen-bond donors (Lipinski definition) is 1. The monoisotopic (exact) mass is 488 g/mol. The summed E-state index contributed by atoms with van der Waals surface area (Å²) in [7, 11) is -3.57. The fraction of sp³-hybridized carbons (Fsp3) is 0.238. The van der Waals surface area contributed by atoms with Crippen molar-refractivity contribution in [2.24, 2.45) is 0 Å². The van der Waals surface area contributed by atoms with Crippen LogP contribution >= 0.6 is 15.9 Å². The second-order valence-corrected chi connectivity index (χ2v) is 10.0. The van der Waals surface area contributed by atoms with E-state index >= 15 is 0 Å². The molecule has 0 atom stereocenters. The van der Waals surface area contributed by atoms with Crippen LogP contribution in [0, 0.1) is 6.92 Å². The molecule has 2 aromatic carbocycles. The lowest BCUT2D eigenvalue weighted by Crippen LogP contribution is -2.50. The highest BCUT2D eigenvalue weighted by molar-refractivity contribution is 9.10. The first-order valence-electron chi connectivity index (χ1n) is 9.52. The van der Waals surface area contributed by atoms with Gasteiger partial charge in [-0.15, -0.1) is 0 Å². The number of nitrogens with zero attached hydrogens (tertiary/aromatic N) is 3. The standard InChI is InChI=1S/C21H21BrN4O3S/c1-15-2-4-16(5-3-15)19-14-20(24-23-19)21(27)25-10-12-26(13-11-25)30(28,29)18-8-6-17(22)7-9-18/h2-9,14H,10-13H2,1H3,(H,23,24). The van der Waals surface area contributed by atoms with E-state index in [9.17, 15) is 13.2 Å². The number of aromatic nitrogens is 2. The summed E-state index contributed by atoms with van der Waals surface area (Å²) in [6, 6.07) is 16.2. The lowest BCUT2D eigenvalue weighted by Gasteiger charge is -2.33. The highest BCUT2D eigenvalue weighted by atomic mass is 79.9. The Labute approximate surface area is 183 Å². The number of rotatable bonds is 4. The first-order valence-corrected chi connectivity index (χ1v) is 11.8. The van der Waals surface area contributed by atoms with Crippen LogP contribution in [0.1, 0.15) is 16.1 Å². The lowest BCUT2D eigenvalue weighted by atomic mass is 10.1. The number of amides is 1. The Kier molecular flexibility index (Phi) is 5.77.